The summed E-state index contributed by atoms with van der Waals surface area (Å²) in [6, 6.07) is 12.4. The molecule has 104 valence electrons. The van der Waals surface area contributed by atoms with Crippen LogP contribution in [0, 0.1) is 0 Å². The molecule has 4 heteroatoms. The highest BCUT2D eigenvalue weighted by atomic mass is 79.9. The lowest BCUT2D eigenvalue weighted by Crippen LogP contribution is -2.03. The molecule has 0 aromatic heterocycles. The van der Waals surface area contributed by atoms with E-state index in [0.717, 1.165) is 22.6 Å². The summed E-state index contributed by atoms with van der Waals surface area (Å²) in [5.74, 6) is 0.747. The maximum Gasteiger partial charge on any atom is 0.0835 e. The highest BCUT2D eigenvalue weighted by molar-refractivity contribution is 9.10. The first kappa shape index (κ1) is 14.2. The SMILES string of the molecule is Clc1c(Br)ccc(NCc2ccccc2C2CC2)c1Cl. The minimum absolute atomic E-state index is 0.548. The second-order valence-corrected chi connectivity index (χ2v) is 6.66. The van der Waals surface area contributed by atoms with Gasteiger partial charge < -0.3 is 5.32 Å². The summed E-state index contributed by atoms with van der Waals surface area (Å²) in [6.45, 7) is 0.768. The molecule has 3 rings (SSSR count). The molecular weight excluding hydrogens is 357 g/mol. The van der Waals surface area contributed by atoms with Gasteiger partial charge in [-0.3, -0.25) is 0 Å². The normalized spacial score (nSPS) is 14.3. The molecule has 0 saturated heterocycles. The van der Waals surface area contributed by atoms with Gasteiger partial charge in [-0.1, -0.05) is 47.5 Å². The molecule has 0 aliphatic heterocycles. The topological polar surface area (TPSA) is 12.0 Å². The predicted octanol–water partition coefficient (Wildman–Crippen LogP) is 6.25. The molecule has 0 heterocycles. The molecule has 0 amide bonds. The van der Waals surface area contributed by atoms with E-state index in [0.29, 0.717) is 10.0 Å². The summed E-state index contributed by atoms with van der Waals surface area (Å²) in [6.07, 6.45) is 2.61. The summed E-state index contributed by atoms with van der Waals surface area (Å²) in [7, 11) is 0. The quantitative estimate of drug-likeness (QED) is 0.627. The van der Waals surface area contributed by atoms with Crippen LogP contribution in [0.4, 0.5) is 5.69 Å². The number of hydrogen-bond donors (Lipinski definition) is 1. The summed E-state index contributed by atoms with van der Waals surface area (Å²) in [4.78, 5) is 0. The van der Waals surface area contributed by atoms with Crippen molar-refractivity contribution in [1.29, 1.82) is 0 Å². The van der Waals surface area contributed by atoms with Crippen LogP contribution in [0.25, 0.3) is 0 Å². The summed E-state index contributed by atoms with van der Waals surface area (Å²) >= 11 is 15.8. The van der Waals surface area contributed by atoms with Crippen molar-refractivity contribution in [3.63, 3.8) is 0 Å². The van der Waals surface area contributed by atoms with Gasteiger partial charge in [-0.25, -0.2) is 0 Å². The zero-order valence-electron chi connectivity index (χ0n) is 10.8. The second-order valence-electron chi connectivity index (χ2n) is 5.05. The summed E-state index contributed by atoms with van der Waals surface area (Å²) in [5, 5.41) is 4.49. The molecule has 1 aliphatic carbocycles. The first-order valence-electron chi connectivity index (χ1n) is 6.62. The molecule has 1 saturated carbocycles. The third-order valence-corrected chi connectivity index (χ3v) is 5.35. The van der Waals surface area contributed by atoms with E-state index in [1.165, 1.54) is 24.0 Å². The average molecular weight is 371 g/mol. The standard InChI is InChI=1S/C16H14BrCl2N/c17-13-7-8-14(16(19)15(13)18)20-9-11-3-1-2-4-12(11)10-5-6-10/h1-4,7-8,10,20H,5-6,9H2. The van der Waals surface area contributed by atoms with Gasteiger partial charge in [0.2, 0.25) is 0 Å². The highest BCUT2D eigenvalue weighted by Crippen LogP contribution is 2.42. The Bertz CT molecular complexity index is 638. The lowest BCUT2D eigenvalue weighted by Gasteiger charge is -2.13. The van der Waals surface area contributed by atoms with Gasteiger partial charge in [0.05, 0.1) is 15.7 Å². The van der Waals surface area contributed by atoms with Crippen LogP contribution in [0.2, 0.25) is 10.0 Å². The Morgan fingerprint density at radius 1 is 1.05 bits per heavy atom. The smallest absolute Gasteiger partial charge is 0.0835 e. The summed E-state index contributed by atoms with van der Waals surface area (Å²) in [5.41, 5.74) is 3.66. The molecule has 0 unspecified atom stereocenters. The number of hydrogen-bond acceptors (Lipinski definition) is 1. The molecule has 1 N–H and O–H groups in total. The van der Waals surface area contributed by atoms with Crippen LogP contribution >= 0.6 is 39.1 Å². The lowest BCUT2D eigenvalue weighted by molar-refractivity contribution is 1.04. The molecule has 0 bridgehead atoms. The Labute approximate surface area is 137 Å². The van der Waals surface area contributed by atoms with Crippen molar-refractivity contribution in [3.8, 4) is 0 Å². The van der Waals surface area contributed by atoms with Crippen LogP contribution in [0.3, 0.4) is 0 Å². The van der Waals surface area contributed by atoms with Crippen molar-refractivity contribution in [2.24, 2.45) is 0 Å². The maximum absolute atomic E-state index is 6.25. The van der Waals surface area contributed by atoms with Gasteiger partial charge in [-0.05, 0) is 57.9 Å². The van der Waals surface area contributed by atoms with Gasteiger partial charge in [0, 0.05) is 11.0 Å². The zero-order chi connectivity index (χ0) is 14.1. The molecule has 20 heavy (non-hydrogen) atoms. The van der Waals surface area contributed by atoms with Gasteiger partial charge in [-0.15, -0.1) is 0 Å². The van der Waals surface area contributed by atoms with E-state index in [-0.39, 0.29) is 0 Å². The largest absolute Gasteiger partial charge is 0.380 e. The molecule has 0 atom stereocenters. The fraction of sp³-hybridized carbons (Fsp3) is 0.250. The molecule has 2 aromatic rings. The lowest BCUT2D eigenvalue weighted by atomic mass is 10.0. The van der Waals surface area contributed by atoms with Crippen LogP contribution in [0.1, 0.15) is 29.9 Å². The van der Waals surface area contributed by atoms with Crippen LogP contribution in [0.5, 0.6) is 0 Å². The zero-order valence-corrected chi connectivity index (χ0v) is 13.9. The molecule has 0 radical (unpaired) electrons. The monoisotopic (exact) mass is 369 g/mol. The van der Waals surface area contributed by atoms with Gasteiger partial charge in [0.1, 0.15) is 0 Å². The second kappa shape index (κ2) is 5.97. The molecule has 1 fully saturated rings. The van der Waals surface area contributed by atoms with Crippen molar-refractivity contribution < 1.29 is 0 Å². The van der Waals surface area contributed by atoms with Crippen LogP contribution < -0.4 is 5.32 Å². The van der Waals surface area contributed by atoms with Crippen molar-refractivity contribution >= 4 is 44.8 Å². The van der Waals surface area contributed by atoms with E-state index in [4.69, 9.17) is 23.2 Å². The van der Waals surface area contributed by atoms with Crippen molar-refractivity contribution in [2.75, 3.05) is 5.32 Å². The number of nitrogens with one attached hydrogen (secondary N) is 1. The van der Waals surface area contributed by atoms with Gasteiger partial charge in [0.15, 0.2) is 0 Å². The van der Waals surface area contributed by atoms with Gasteiger partial charge in [0.25, 0.3) is 0 Å². The molecular formula is C16H14BrCl2N. The van der Waals surface area contributed by atoms with Crippen molar-refractivity contribution in [2.45, 2.75) is 25.3 Å². The van der Waals surface area contributed by atoms with E-state index >= 15 is 0 Å². The minimum Gasteiger partial charge on any atom is -0.380 e. The Morgan fingerprint density at radius 3 is 2.55 bits per heavy atom. The fourth-order valence-corrected chi connectivity index (χ4v) is 3.18. The summed E-state index contributed by atoms with van der Waals surface area (Å²) < 4.78 is 0.813. The number of rotatable bonds is 4. The van der Waals surface area contributed by atoms with Crippen LogP contribution in [-0.4, -0.2) is 0 Å². The number of anilines is 1. The molecule has 0 spiro atoms. The average Bonchev–Trinajstić information content (AvgIpc) is 3.29. The van der Waals surface area contributed by atoms with Crippen LogP contribution in [-0.2, 0) is 6.54 Å². The predicted molar refractivity (Wildman–Crippen MR) is 89.9 cm³/mol. The first-order valence-corrected chi connectivity index (χ1v) is 8.17. The van der Waals surface area contributed by atoms with E-state index in [1.54, 1.807) is 0 Å². The highest BCUT2D eigenvalue weighted by Gasteiger charge is 2.25. The molecule has 1 nitrogen and oxygen atoms in total. The van der Waals surface area contributed by atoms with E-state index in [2.05, 4.69) is 45.5 Å². The van der Waals surface area contributed by atoms with E-state index in [9.17, 15) is 0 Å². The third kappa shape index (κ3) is 2.98. The van der Waals surface area contributed by atoms with Crippen LogP contribution in [0.15, 0.2) is 40.9 Å². The Hall–Kier alpha value is -0.700. The van der Waals surface area contributed by atoms with E-state index in [1.807, 2.05) is 12.1 Å². The minimum atomic E-state index is 0.548. The Kier molecular flexibility index (Phi) is 4.25. The van der Waals surface area contributed by atoms with Gasteiger partial charge >= 0.3 is 0 Å². The fourth-order valence-electron chi connectivity index (χ4n) is 2.34. The third-order valence-electron chi connectivity index (χ3n) is 3.58. The maximum atomic E-state index is 6.25. The van der Waals surface area contributed by atoms with Crippen molar-refractivity contribution in [3.05, 3.63) is 62.0 Å². The molecule has 1 aliphatic rings. The molecule has 2 aromatic carbocycles. The number of halogens is 3. The Morgan fingerprint density at radius 2 is 1.80 bits per heavy atom. The number of benzene rings is 2. The van der Waals surface area contributed by atoms with Gasteiger partial charge in [-0.2, -0.15) is 0 Å². The van der Waals surface area contributed by atoms with E-state index < -0.39 is 0 Å². The Balaban J connectivity index is 1.79. The first-order chi connectivity index (χ1) is 9.66. The van der Waals surface area contributed by atoms with Crippen molar-refractivity contribution in [1.82, 2.24) is 0 Å².